The highest BCUT2D eigenvalue weighted by Gasteiger charge is 2.63. The van der Waals surface area contributed by atoms with Crippen LogP contribution >= 0.6 is 0 Å². The summed E-state index contributed by atoms with van der Waals surface area (Å²) < 4.78 is 40.0. The Morgan fingerprint density at radius 1 is 1.23 bits per heavy atom. The molecule has 31 heavy (non-hydrogen) atoms. The third kappa shape index (κ3) is 3.26. The predicted octanol–water partition coefficient (Wildman–Crippen LogP) is 2.68. The molecule has 0 spiro atoms. The summed E-state index contributed by atoms with van der Waals surface area (Å²) in [7, 11) is 0. The molecule has 5 amide bonds. The highest BCUT2D eigenvalue weighted by molar-refractivity contribution is 6.22. The smallest absolute Gasteiger partial charge is 0.333 e. The van der Waals surface area contributed by atoms with Gasteiger partial charge in [0.15, 0.2) is 0 Å². The van der Waals surface area contributed by atoms with E-state index in [1.54, 1.807) is 0 Å². The molecule has 4 rings (SSSR count). The standard InChI is InChI=1S/C20H20F3N5O3/c1-19(2,3)25-17(30)26-9-12-7-14(26)15-16(29)28(18(31)27(12)15)11-5-4-10(8-24)13(6-11)20(21,22)23/h4-6,12,14-15H,7,9H2,1-3H3,(H,25,30). The Morgan fingerprint density at radius 2 is 1.90 bits per heavy atom. The molecule has 11 heteroatoms. The first kappa shape index (κ1) is 21.0. The molecule has 3 heterocycles. The Bertz CT molecular complexity index is 1030. The number of piperazine rings is 1. The monoisotopic (exact) mass is 435 g/mol. The molecule has 3 atom stereocenters. The van der Waals surface area contributed by atoms with E-state index in [4.69, 9.17) is 5.26 Å². The molecule has 0 aliphatic carbocycles. The Morgan fingerprint density at radius 3 is 2.48 bits per heavy atom. The lowest BCUT2D eigenvalue weighted by Crippen LogP contribution is -2.59. The Labute approximate surface area is 176 Å². The summed E-state index contributed by atoms with van der Waals surface area (Å²) in [5, 5.41) is 11.8. The van der Waals surface area contributed by atoms with Gasteiger partial charge in [-0.3, -0.25) is 4.79 Å². The van der Waals surface area contributed by atoms with E-state index < -0.39 is 46.9 Å². The first-order chi connectivity index (χ1) is 14.3. The number of hydrogen-bond donors (Lipinski definition) is 1. The number of nitrogens with zero attached hydrogens (tertiary/aromatic N) is 4. The number of hydrogen-bond acceptors (Lipinski definition) is 4. The summed E-state index contributed by atoms with van der Waals surface area (Å²) in [4.78, 5) is 42.3. The molecule has 0 saturated carbocycles. The first-order valence-corrected chi connectivity index (χ1v) is 9.70. The maximum absolute atomic E-state index is 13.3. The molecule has 164 valence electrons. The zero-order valence-corrected chi connectivity index (χ0v) is 17.0. The molecule has 0 radical (unpaired) electrons. The minimum absolute atomic E-state index is 0.247. The largest absolute Gasteiger partial charge is 0.417 e. The third-order valence-corrected chi connectivity index (χ3v) is 5.69. The molecule has 3 fully saturated rings. The number of anilines is 1. The van der Waals surface area contributed by atoms with Gasteiger partial charge < -0.3 is 15.1 Å². The van der Waals surface area contributed by atoms with Gasteiger partial charge in [0.2, 0.25) is 0 Å². The summed E-state index contributed by atoms with van der Waals surface area (Å²) >= 11 is 0. The van der Waals surface area contributed by atoms with Crippen molar-refractivity contribution >= 4 is 23.7 Å². The third-order valence-electron chi connectivity index (χ3n) is 5.69. The fraction of sp³-hybridized carbons (Fsp3) is 0.500. The number of carbonyl (C=O) groups is 3. The van der Waals surface area contributed by atoms with Gasteiger partial charge in [-0.05, 0) is 45.4 Å². The molecule has 8 nitrogen and oxygen atoms in total. The van der Waals surface area contributed by atoms with Crippen molar-refractivity contribution in [3.63, 3.8) is 0 Å². The second-order valence-electron chi connectivity index (χ2n) is 8.94. The van der Waals surface area contributed by atoms with Crippen molar-refractivity contribution in [2.24, 2.45) is 0 Å². The van der Waals surface area contributed by atoms with Crippen LogP contribution in [-0.2, 0) is 11.0 Å². The van der Waals surface area contributed by atoms with Crippen molar-refractivity contribution in [1.29, 1.82) is 5.26 Å². The van der Waals surface area contributed by atoms with Crippen molar-refractivity contribution in [3.8, 4) is 6.07 Å². The average molecular weight is 435 g/mol. The molecule has 2 bridgehead atoms. The van der Waals surface area contributed by atoms with E-state index in [9.17, 15) is 27.6 Å². The number of rotatable bonds is 1. The van der Waals surface area contributed by atoms with Gasteiger partial charge in [-0.25, -0.2) is 14.5 Å². The quantitative estimate of drug-likeness (QED) is 0.686. The van der Waals surface area contributed by atoms with Crippen molar-refractivity contribution in [3.05, 3.63) is 29.3 Å². The van der Waals surface area contributed by atoms with Gasteiger partial charge in [0.05, 0.1) is 35.0 Å². The van der Waals surface area contributed by atoms with E-state index in [2.05, 4.69) is 5.32 Å². The van der Waals surface area contributed by atoms with Crippen LogP contribution in [0, 0.1) is 11.3 Å². The highest BCUT2D eigenvalue weighted by atomic mass is 19.4. The molecular weight excluding hydrogens is 415 g/mol. The van der Waals surface area contributed by atoms with E-state index in [0.29, 0.717) is 17.4 Å². The van der Waals surface area contributed by atoms with Gasteiger partial charge in [0.25, 0.3) is 5.91 Å². The second-order valence-corrected chi connectivity index (χ2v) is 8.94. The van der Waals surface area contributed by atoms with Gasteiger partial charge >= 0.3 is 18.2 Å². The summed E-state index contributed by atoms with van der Waals surface area (Å²) in [5.41, 5.74) is -2.55. The zero-order valence-electron chi connectivity index (χ0n) is 17.0. The number of halogens is 3. The Balaban J connectivity index is 1.65. The van der Waals surface area contributed by atoms with Crippen LogP contribution in [0.2, 0.25) is 0 Å². The van der Waals surface area contributed by atoms with E-state index >= 15 is 0 Å². The molecule has 3 aliphatic rings. The van der Waals surface area contributed by atoms with Crippen LogP contribution in [0.1, 0.15) is 38.3 Å². The Kier molecular flexibility index (Phi) is 4.46. The lowest BCUT2D eigenvalue weighted by molar-refractivity contribution is -0.137. The topological polar surface area (TPSA) is 96.7 Å². The SMILES string of the molecule is CC(C)(C)NC(=O)N1CC2CC1C1C(=O)N(c3ccc(C#N)c(C(F)(F)F)c3)C(=O)N21. The lowest BCUT2D eigenvalue weighted by Gasteiger charge is -2.36. The molecule has 0 aromatic heterocycles. The van der Waals surface area contributed by atoms with Gasteiger partial charge in [-0.15, -0.1) is 0 Å². The van der Waals surface area contributed by atoms with Crippen LogP contribution in [0.3, 0.4) is 0 Å². The summed E-state index contributed by atoms with van der Waals surface area (Å²) in [5.74, 6) is -0.677. The first-order valence-electron chi connectivity index (χ1n) is 9.70. The summed E-state index contributed by atoms with van der Waals surface area (Å²) in [6.07, 6.45) is -4.38. The second kappa shape index (κ2) is 6.60. The number of fused-ring (bicyclic) bond motifs is 5. The molecular formula is C20H20F3N5O3. The summed E-state index contributed by atoms with van der Waals surface area (Å²) in [6.45, 7) is 5.71. The zero-order chi connectivity index (χ0) is 22.9. The lowest BCUT2D eigenvalue weighted by atomic mass is 10.1. The molecule has 3 aliphatic heterocycles. The van der Waals surface area contributed by atoms with Crippen LogP contribution in [0.15, 0.2) is 18.2 Å². The van der Waals surface area contributed by atoms with E-state index in [0.717, 1.165) is 12.1 Å². The normalized spacial score (nSPS) is 25.2. The molecule has 1 N–H and O–H groups in total. The molecule has 1 aromatic carbocycles. The van der Waals surface area contributed by atoms with Crippen LogP contribution in [0.5, 0.6) is 0 Å². The van der Waals surface area contributed by atoms with Crippen molar-refractivity contribution in [1.82, 2.24) is 15.1 Å². The van der Waals surface area contributed by atoms with Crippen LogP contribution in [0.25, 0.3) is 0 Å². The number of nitriles is 1. The van der Waals surface area contributed by atoms with Gasteiger partial charge in [-0.1, -0.05) is 0 Å². The summed E-state index contributed by atoms with van der Waals surface area (Å²) in [6, 6.07) is 1.27. The van der Waals surface area contributed by atoms with Crippen LogP contribution < -0.4 is 10.2 Å². The number of amides is 5. The molecule has 1 aromatic rings. The van der Waals surface area contributed by atoms with Gasteiger partial charge in [-0.2, -0.15) is 18.4 Å². The number of likely N-dealkylation sites (tertiary alicyclic amines) is 1. The number of nitrogens with one attached hydrogen (secondary N) is 1. The average Bonchev–Trinajstić information content (AvgIpc) is 3.31. The highest BCUT2D eigenvalue weighted by Crippen LogP contribution is 2.43. The Hall–Kier alpha value is -3.29. The minimum atomic E-state index is -4.82. The predicted molar refractivity (Wildman–Crippen MR) is 102 cm³/mol. The van der Waals surface area contributed by atoms with E-state index in [-0.39, 0.29) is 24.3 Å². The fourth-order valence-corrected chi connectivity index (χ4v) is 4.52. The maximum atomic E-state index is 13.3. The number of alkyl halides is 3. The van der Waals surface area contributed by atoms with Crippen molar-refractivity contribution < 1.29 is 27.6 Å². The number of imide groups is 1. The fourth-order valence-electron chi connectivity index (χ4n) is 4.52. The van der Waals surface area contributed by atoms with Crippen LogP contribution in [0.4, 0.5) is 28.4 Å². The van der Waals surface area contributed by atoms with Crippen molar-refractivity contribution in [2.45, 2.75) is 57.0 Å². The van der Waals surface area contributed by atoms with Gasteiger partial charge in [0, 0.05) is 12.1 Å². The molecule has 3 saturated heterocycles. The minimum Gasteiger partial charge on any atom is -0.333 e. The maximum Gasteiger partial charge on any atom is 0.417 e. The number of benzene rings is 1. The van der Waals surface area contributed by atoms with Gasteiger partial charge in [0.1, 0.15) is 6.04 Å². The van der Waals surface area contributed by atoms with Crippen molar-refractivity contribution in [2.75, 3.05) is 11.4 Å². The molecule has 3 unspecified atom stereocenters. The van der Waals surface area contributed by atoms with E-state index in [1.807, 2.05) is 20.8 Å². The van der Waals surface area contributed by atoms with E-state index in [1.165, 1.54) is 15.9 Å². The number of carbonyl (C=O) groups excluding carboxylic acids is 3. The van der Waals surface area contributed by atoms with Crippen LogP contribution in [-0.4, -0.2) is 58.0 Å². The number of urea groups is 2.